The van der Waals surface area contributed by atoms with E-state index in [9.17, 15) is 14.0 Å². The van der Waals surface area contributed by atoms with E-state index < -0.39 is 0 Å². The molecule has 0 unspecified atom stereocenters. The van der Waals surface area contributed by atoms with Gasteiger partial charge in [0.25, 0.3) is 5.91 Å². The Balaban J connectivity index is 1.69. The minimum absolute atomic E-state index is 0.0316. The average molecular weight is 402 g/mol. The molecule has 4 nitrogen and oxygen atoms in total. The second-order valence-corrected chi connectivity index (χ2v) is 7.03. The molecule has 1 spiro atoms. The smallest absolute Gasteiger partial charge is 0.254 e. The van der Waals surface area contributed by atoms with E-state index in [0.29, 0.717) is 28.6 Å². The lowest BCUT2D eigenvalue weighted by atomic mass is 9.77. The zero-order chi connectivity index (χ0) is 15.0. The Kier molecular flexibility index (Phi) is 3.90. The number of piperidine rings is 1. The van der Waals surface area contributed by atoms with E-state index >= 15 is 0 Å². The van der Waals surface area contributed by atoms with Gasteiger partial charge in [0.1, 0.15) is 5.82 Å². The van der Waals surface area contributed by atoms with Gasteiger partial charge in [0.05, 0.1) is 5.56 Å². The van der Waals surface area contributed by atoms with Crippen LogP contribution in [0, 0.1) is 14.8 Å². The fraction of sp³-hybridized carbons (Fsp3) is 0.467. The molecule has 2 aliphatic rings. The van der Waals surface area contributed by atoms with Crippen LogP contribution >= 0.6 is 22.6 Å². The Morgan fingerprint density at radius 2 is 2.05 bits per heavy atom. The first-order valence-corrected chi connectivity index (χ1v) is 8.08. The normalized spacial score (nSPS) is 20.7. The molecular weight excluding hydrogens is 386 g/mol. The van der Waals surface area contributed by atoms with Gasteiger partial charge in [0.2, 0.25) is 5.91 Å². The second kappa shape index (κ2) is 5.55. The summed E-state index contributed by atoms with van der Waals surface area (Å²) < 4.78 is 13.8. The van der Waals surface area contributed by atoms with E-state index in [1.54, 1.807) is 6.07 Å². The van der Waals surface area contributed by atoms with Gasteiger partial charge in [0.15, 0.2) is 0 Å². The molecule has 3 rings (SSSR count). The SMILES string of the molecule is O=C1CC2(CCN(C(=O)c3ccc(F)cc3I)CC2)CN1. The quantitative estimate of drug-likeness (QED) is 0.733. The van der Waals surface area contributed by atoms with Crippen LogP contribution in [0.15, 0.2) is 18.2 Å². The van der Waals surface area contributed by atoms with Crippen LogP contribution in [0.25, 0.3) is 0 Å². The number of benzene rings is 1. The molecule has 2 saturated heterocycles. The third kappa shape index (κ3) is 2.90. The molecule has 0 aromatic heterocycles. The predicted octanol–water partition coefficient (Wildman–Crippen LogP) is 2.17. The third-order valence-corrected chi connectivity index (χ3v) is 5.36. The van der Waals surface area contributed by atoms with Crippen molar-refractivity contribution in [3.63, 3.8) is 0 Å². The Morgan fingerprint density at radius 3 is 2.62 bits per heavy atom. The van der Waals surface area contributed by atoms with Gasteiger partial charge in [-0.25, -0.2) is 4.39 Å². The molecule has 0 atom stereocenters. The summed E-state index contributed by atoms with van der Waals surface area (Å²) in [6.07, 6.45) is 2.26. The molecule has 2 amide bonds. The number of amides is 2. The van der Waals surface area contributed by atoms with Crippen LogP contribution in [0.4, 0.5) is 4.39 Å². The van der Waals surface area contributed by atoms with Crippen molar-refractivity contribution in [3.8, 4) is 0 Å². The summed E-state index contributed by atoms with van der Waals surface area (Å²) >= 11 is 1.99. The first-order valence-electron chi connectivity index (χ1n) is 7.00. The van der Waals surface area contributed by atoms with Crippen molar-refractivity contribution >= 4 is 34.4 Å². The number of rotatable bonds is 1. The van der Waals surface area contributed by atoms with Gasteiger partial charge in [-0.3, -0.25) is 9.59 Å². The number of likely N-dealkylation sites (tertiary alicyclic amines) is 1. The third-order valence-electron chi connectivity index (χ3n) is 4.47. The van der Waals surface area contributed by atoms with E-state index in [1.807, 2.05) is 27.5 Å². The zero-order valence-corrected chi connectivity index (χ0v) is 13.7. The highest BCUT2D eigenvalue weighted by atomic mass is 127. The van der Waals surface area contributed by atoms with Crippen molar-refractivity contribution in [2.45, 2.75) is 19.3 Å². The summed E-state index contributed by atoms with van der Waals surface area (Å²) in [6.45, 7) is 2.03. The average Bonchev–Trinajstić information content (AvgIpc) is 2.80. The highest BCUT2D eigenvalue weighted by Crippen LogP contribution is 2.37. The van der Waals surface area contributed by atoms with Gasteiger partial charge in [-0.05, 0) is 59.0 Å². The highest BCUT2D eigenvalue weighted by molar-refractivity contribution is 14.1. The largest absolute Gasteiger partial charge is 0.356 e. The minimum atomic E-state index is -0.330. The number of hydrogen-bond acceptors (Lipinski definition) is 2. The molecule has 0 saturated carbocycles. The standard InChI is InChI=1S/C15H16FIN2O2/c16-10-1-2-11(12(17)7-10)14(21)19-5-3-15(4-6-19)8-13(20)18-9-15/h1-2,7H,3-6,8-9H2,(H,18,20). The molecule has 0 aliphatic carbocycles. The lowest BCUT2D eigenvalue weighted by Crippen LogP contribution is -2.44. The fourth-order valence-corrected chi connectivity index (χ4v) is 3.83. The first-order chi connectivity index (χ1) is 9.99. The van der Waals surface area contributed by atoms with Crippen LogP contribution in [0.3, 0.4) is 0 Å². The fourth-order valence-electron chi connectivity index (χ4n) is 3.12. The van der Waals surface area contributed by atoms with E-state index in [2.05, 4.69) is 5.32 Å². The first kappa shape index (κ1) is 14.7. The summed E-state index contributed by atoms with van der Waals surface area (Å²) in [5, 5.41) is 2.89. The molecule has 0 bridgehead atoms. The summed E-state index contributed by atoms with van der Waals surface area (Å²) in [5.41, 5.74) is 0.581. The molecule has 2 aliphatic heterocycles. The van der Waals surface area contributed by atoms with Gasteiger partial charge in [0, 0.05) is 29.6 Å². The van der Waals surface area contributed by atoms with Crippen molar-refractivity contribution in [1.82, 2.24) is 10.2 Å². The number of nitrogens with one attached hydrogen (secondary N) is 1. The second-order valence-electron chi connectivity index (χ2n) is 5.87. The minimum Gasteiger partial charge on any atom is -0.356 e. The number of carbonyl (C=O) groups excluding carboxylic acids is 2. The number of halogens is 2. The van der Waals surface area contributed by atoms with Gasteiger partial charge in [-0.1, -0.05) is 0 Å². The molecule has 1 N–H and O–H groups in total. The lowest BCUT2D eigenvalue weighted by molar-refractivity contribution is -0.119. The molecule has 21 heavy (non-hydrogen) atoms. The summed E-state index contributed by atoms with van der Waals surface area (Å²) in [5.74, 6) is -0.265. The van der Waals surface area contributed by atoms with E-state index in [4.69, 9.17) is 0 Å². The summed E-state index contributed by atoms with van der Waals surface area (Å²) in [6, 6.07) is 4.24. The Morgan fingerprint density at radius 1 is 1.33 bits per heavy atom. The topological polar surface area (TPSA) is 49.4 Å². The molecule has 0 radical (unpaired) electrons. The van der Waals surface area contributed by atoms with E-state index in [-0.39, 0.29) is 23.0 Å². The maximum Gasteiger partial charge on any atom is 0.254 e. The van der Waals surface area contributed by atoms with Crippen molar-refractivity contribution in [2.75, 3.05) is 19.6 Å². The number of hydrogen-bond donors (Lipinski definition) is 1. The van der Waals surface area contributed by atoms with Crippen LogP contribution in [-0.2, 0) is 4.79 Å². The van der Waals surface area contributed by atoms with Crippen molar-refractivity contribution in [2.24, 2.45) is 5.41 Å². The number of nitrogens with zero attached hydrogens (tertiary/aromatic N) is 1. The van der Waals surface area contributed by atoms with Crippen molar-refractivity contribution in [1.29, 1.82) is 0 Å². The molecule has 1 aromatic rings. The molecule has 2 heterocycles. The van der Waals surface area contributed by atoms with Crippen LogP contribution in [-0.4, -0.2) is 36.3 Å². The molecule has 112 valence electrons. The zero-order valence-electron chi connectivity index (χ0n) is 11.5. The van der Waals surface area contributed by atoms with E-state index in [1.165, 1.54) is 12.1 Å². The van der Waals surface area contributed by atoms with Crippen LogP contribution in [0.5, 0.6) is 0 Å². The Bertz CT molecular complexity index is 597. The molecule has 6 heteroatoms. The van der Waals surface area contributed by atoms with Crippen LogP contribution in [0.2, 0.25) is 0 Å². The summed E-state index contributed by atoms with van der Waals surface area (Å²) in [7, 11) is 0. The number of carbonyl (C=O) groups is 2. The highest BCUT2D eigenvalue weighted by Gasteiger charge is 2.41. The summed E-state index contributed by atoms with van der Waals surface area (Å²) in [4.78, 5) is 25.7. The maximum atomic E-state index is 13.1. The lowest BCUT2D eigenvalue weighted by Gasteiger charge is -2.38. The van der Waals surface area contributed by atoms with E-state index in [0.717, 1.165) is 19.4 Å². The van der Waals surface area contributed by atoms with Crippen molar-refractivity contribution < 1.29 is 14.0 Å². The Labute approximate surface area is 136 Å². The van der Waals surface area contributed by atoms with Gasteiger partial charge in [-0.15, -0.1) is 0 Å². The molecule has 1 aromatic carbocycles. The van der Waals surface area contributed by atoms with Crippen molar-refractivity contribution in [3.05, 3.63) is 33.1 Å². The monoisotopic (exact) mass is 402 g/mol. The molecule has 2 fully saturated rings. The predicted molar refractivity (Wildman–Crippen MR) is 84.3 cm³/mol. The van der Waals surface area contributed by atoms with Crippen LogP contribution < -0.4 is 5.32 Å². The Hall–Kier alpha value is -1.18. The maximum absolute atomic E-state index is 13.1. The van der Waals surface area contributed by atoms with Crippen LogP contribution in [0.1, 0.15) is 29.6 Å². The van der Waals surface area contributed by atoms with Gasteiger partial charge >= 0.3 is 0 Å². The van der Waals surface area contributed by atoms with Gasteiger partial charge < -0.3 is 10.2 Å². The van der Waals surface area contributed by atoms with Gasteiger partial charge in [-0.2, -0.15) is 0 Å². The molecular formula is C15H16FIN2O2.